The molecule has 0 aromatic heterocycles. The van der Waals surface area contributed by atoms with Crippen LogP contribution in [0.4, 0.5) is 0 Å². The van der Waals surface area contributed by atoms with Gasteiger partial charge in [0, 0.05) is 33.6 Å². The third kappa shape index (κ3) is 6.59. The Bertz CT molecular complexity index is 444. The van der Waals surface area contributed by atoms with Gasteiger partial charge < -0.3 is 10.6 Å². The van der Waals surface area contributed by atoms with E-state index in [1.807, 2.05) is 12.1 Å². The predicted octanol–water partition coefficient (Wildman–Crippen LogP) is 3.61. The van der Waals surface area contributed by atoms with Crippen molar-refractivity contribution in [2.24, 2.45) is 0 Å². The fraction of sp³-hybridized carbons (Fsp3) is 0.533. The highest BCUT2D eigenvalue weighted by molar-refractivity contribution is 9.10. The normalized spacial score (nSPS) is 21.4. The Hall–Kier alpha value is -0.230. The lowest BCUT2D eigenvalue weighted by molar-refractivity contribution is -0.121. The molecule has 2 rings (SSSR count). The van der Waals surface area contributed by atoms with Crippen molar-refractivity contribution < 1.29 is 4.79 Å². The van der Waals surface area contributed by atoms with Crippen molar-refractivity contribution in [3.63, 3.8) is 0 Å². The number of rotatable bonds is 5. The maximum atomic E-state index is 11.9. The zero-order chi connectivity index (χ0) is 14.4. The van der Waals surface area contributed by atoms with Gasteiger partial charge in [0.05, 0.1) is 0 Å². The summed E-state index contributed by atoms with van der Waals surface area (Å²) in [6, 6.07) is 8.86. The number of benzene rings is 1. The molecule has 1 aliphatic rings. The first-order chi connectivity index (χ1) is 9.65. The van der Waals surface area contributed by atoms with Crippen molar-refractivity contribution in [3.8, 4) is 0 Å². The molecule has 1 aromatic carbocycles. The Morgan fingerprint density at radius 3 is 2.81 bits per heavy atom. The van der Waals surface area contributed by atoms with E-state index in [0.29, 0.717) is 12.5 Å². The van der Waals surface area contributed by atoms with Crippen molar-refractivity contribution in [3.05, 3.63) is 28.7 Å². The van der Waals surface area contributed by atoms with Gasteiger partial charge in [-0.25, -0.2) is 0 Å². The largest absolute Gasteiger partial charge is 0.352 e. The highest BCUT2D eigenvalue weighted by atomic mass is 79.9. The summed E-state index contributed by atoms with van der Waals surface area (Å²) in [4.78, 5) is 13.1. The minimum Gasteiger partial charge on any atom is -0.352 e. The number of hydrogen-bond donors (Lipinski definition) is 2. The van der Waals surface area contributed by atoms with Crippen LogP contribution in [0.5, 0.6) is 0 Å². The van der Waals surface area contributed by atoms with Crippen LogP contribution in [-0.2, 0) is 4.79 Å². The molecule has 1 amide bonds. The van der Waals surface area contributed by atoms with Gasteiger partial charge in [-0.15, -0.1) is 24.2 Å². The molecule has 1 aromatic rings. The van der Waals surface area contributed by atoms with E-state index in [9.17, 15) is 4.79 Å². The maximum Gasteiger partial charge on any atom is 0.221 e. The number of carbonyl (C=O) groups is 1. The summed E-state index contributed by atoms with van der Waals surface area (Å²) in [7, 11) is 0. The highest BCUT2D eigenvalue weighted by Gasteiger charge is 2.21. The minimum absolute atomic E-state index is 0. The lowest BCUT2D eigenvalue weighted by atomic mass is 10.00. The van der Waals surface area contributed by atoms with E-state index in [0.717, 1.165) is 29.6 Å². The number of hydrogen-bond acceptors (Lipinski definition) is 3. The second-order valence-corrected chi connectivity index (χ2v) is 7.20. The number of nitrogens with one attached hydrogen (secondary N) is 2. The van der Waals surface area contributed by atoms with Crippen molar-refractivity contribution >= 4 is 46.0 Å². The molecular formula is C15H22BrClN2OS. The first kappa shape index (κ1) is 18.8. The lowest BCUT2D eigenvalue weighted by Gasteiger charge is -2.30. The molecule has 0 radical (unpaired) electrons. The molecule has 6 heteroatoms. The van der Waals surface area contributed by atoms with Gasteiger partial charge in [-0.1, -0.05) is 15.9 Å². The summed E-state index contributed by atoms with van der Waals surface area (Å²) >= 11 is 5.14. The standard InChI is InChI=1S/C15H21BrN2OS.ClH/c1-11-14(3-2-9-17-11)18-15(19)8-10-20-13-6-4-12(16)5-7-13;/h4-7,11,14,17H,2-3,8-10H2,1H3,(H,18,19);1H. The molecule has 3 nitrogen and oxygen atoms in total. The Kier molecular flexibility index (Phi) is 8.71. The predicted molar refractivity (Wildman–Crippen MR) is 95.4 cm³/mol. The van der Waals surface area contributed by atoms with E-state index in [-0.39, 0.29) is 24.4 Å². The number of amides is 1. The van der Waals surface area contributed by atoms with Crippen LogP contribution in [0.2, 0.25) is 0 Å². The Morgan fingerprint density at radius 1 is 1.43 bits per heavy atom. The molecule has 0 aliphatic carbocycles. The molecule has 21 heavy (non-hydrogen) atoms. The number of halogens is 2. The minimum atomic E-state index is 0. The van der Waals surface area contributed by atoms with Crippen LogP contribution >= 0.6 is 40.1 Å². The van der Waals surface area contributed by atoms with Crippen LogP contribution in [0.15, 0.2) is 33.6 Å². The molecule has 1 fully saturated rings. The van der Waals surface area contributed by atoms with Gasteiger partial charge in [0.15, 0.2) is 0 Å². The van der Waals surface area contributed by atoms with Crippen LogP contribution < -0.4 is 10.6 Å². The molecule has 0 spiro atoms. The Balaban J connectivity index is 0.00000220. The van der Waals surface area contributed by atoms with Gasteiger partial charge in [-0.3, -0.25) is 4.79 Å². The van der Waals surface area contributed by atoms with Gasteiger partial charge in [0.25, 0.3) is 0 Å². The molecule has 0 saturated carbocycles. The fourth-order valence-electron chi connectivity index (χ4n) is 2.31. The fourth-order valence-corrected chi connectivity index (χ4v) is 3.43. The average molecular weight is 394 g/mol. The monoisotopic (exact) mass is 392 g/mol. The Morgan fingerprint density at radius 2 is 2.14 bits per heavy atom. The summed E-state index contributed by atoms with van der Waals surface area (Å²) in [6.45, 7) is 3.20. The van der Waals surface area contributed by atoms with Crippen LogP contribution in [-0.4, -0.2) is 30.3 Å². The zero-order valence-corrected chi connectivity index (χ0v) is 15.3. The van der Waals surface area contributed by atoms with E-state index in [2.05, 4.69) is 45.6 Å². The summed E-state index contributed by atoms with van der Waals surface area (Å²) in [5.41, 5.74) is 0. The summed E-state index contributed by atoms with van der Waals surface area (Å²) < 4.78 is 1.08. The average Bonchev–Trinajstić information content (AvgIpc) is 2.44. The summed E-state index contributed by atoms with van der Waals surface area (Å²) in [5.74, 6) is 0.984. The zero-order valence-electron chi connectivity index (χ0n) is 12.1. The number of thioether (sulfide) groups is 1. The quantitative estimate of drug-likeness (QED) is 0.751. The first-order valence-electron chi connectivity index (χ1n) is 7.06. The lowest BCUT2D eigenvalue weighted by Crippen LogP contribution is -2.51. The first-order valence-corrected chi connectivity index (χ1v) is 8.84. The van der Waals surface area contributed by atoms with Crippen molar-refractivity contribution in [1.82, 2.24) is 10.6 Å². The van der Waals surface area contributed by atoms with Crippen molar-refractivity contribution in [2.45, 2.75) is 43.2 Å². The van der Waals surface area contributed by atoms with E-state index in [1.54, 1.807) is 11.8 Å². The van der Waals surface area contributed by atoms with Gasteiger partial charge in [0.1, 0.15) is 0 Å². The van der Waals surface area contributed by atoms with Gasteiger partial charge in [-0.05, 0) is 50.6 Å². The van der Waals surface area contributed by atoms with Crippen LogP contribution in [0, 0.1) is 0 Å². The maximum absolute atomic E-state index is 11.9. The van der Waals surface area contributed by atoms with E-state index in [1.165, 1.54) is 4.90 Å². The van der Waals surface area contributed by atoms with E-state index >= 15 is 0 Å². The van der Waals surface area contributed by atoms with Gasteiger partial charge in [0.2, 0.25) is 5.91 Å². The topological polar surface area (TPSA) is 41.1 Å². The molecule has 2 atom stereocenters. The van der Waals surface area contributed by atoms with E-state index in [4.69, 9.17) is 0 Å². The second-order valence-electron chi connectivity index (χ2n) is 5.11. The SMILES string of the molecule is CC1NCCCC1NC(=O)CCSc1ccc(Br)cc1.Cl. The van der Waals surface area contributed by atoms with Crippen LogP contribution in [0.3, 0.4) is 0 Å². The Labute approximate surface area is 145 Å². The second kappa shape index (κ2) is 9.72. The summed E-state index contributed by atoms with van der Waals surface area (Å²) in [5, 5.41) is 6.54. The molecule has 0 bridgehead atoms. The molecule has 1 heterocycles. The molecule has 118 valence electrons. The molecular weight excluding hydrogens is 372 g/mol. The van der Waals surface area contributed by atoms with Crippen molar-refractivity contribution in [1.29, 1.82) is 0 Å². The summed E-state index contributed by atoms with van der Waals surface area (Å²) in [6.07, 6.45) is 2.80. The molecule has 1 saturated heterocycles. The van der Waals surface area contributed by atoms with Gasteiger partial charge >= 0.3 is 0 Å². The molecule has 2 unspecified atom stereocenters. The van der Waals surface area contributed by atoms with Gasteiger partial charge in [-0.2, -0.15) is 0 Å². The molecule has 2 N–H and O–H groups in total. The molecule has 1 aliphatic heterocycles. The van der Waals surface area contributed by atoms with Crippen LogP contribution in [0.1, 0.15) is 26.2 Å². The highest BCUT2D eigenvalue weighted by Crippen LogP contribution is 2.21. The van der Waals surface area contributed by atoms with E-state index < -0.39 is 0 Å². The third-order valence-electron chi connectivity index (χ3n) is 3.52. The van der Waals surface area contributed by atoms with Crippen LogP contribution in [0.25, 0.3) is 0 Å². The number of piperidine rings is 1. The van der Waals surface area contributed by atoms with Crippen molar-refractivity contribution in [2.75, 3.05) is 12.3 Å². The third-order valence-corrected chi connectivity index (χ3v) is 5.06. The number of carbonyl (C=O) groups excluding carboxylic acids is 1. The smallest absolute Gasteiger partial charge is 0.221 e.